The Hall–Kier alpha value is -2.48. The standard InChI is InChI=1S/C21H22F3NO7S/c22-21(23,24)12-3-5-13(6-4-12)25-20(33)30-10-11-1-7-14(8-2-11)31-19-18(29)17(28)16(27)15(9-26)32-19/h1-8,15-19,26-29H,9-10H2,(H,25,33)/t15-,16-,17+,18+,19+/m1/s1. The van der Waals surface area contributed by atoms with Gasteiger partial charge >= 0.3 is 6.18 Å². The Morgan fingerprint density at radius 3 is 2.18 bits per heavy atom. The smallest absolute Gasteiger partial charge is 0.416 e. The van der Waals surface area contributed by atoms with Gasteiger partial charge in [0.2, 0.25) is 6.29 Å². The molecule has 5 atom stereocenters. The fourth-order valence-corrected chi connectivity index (χ4v) is 3.19. The van der Waals surface area contributed by atoms with Gasteiger partial charge < -0.3 is 40.0 Å². The van der Waals surface area contributed by atoms with Gasteiger partial charge in [-0.1, -0.05) is 12.1 Å². The Morgan fingerprint density at radius 1 is 0.970 bits per heavy atom. The zero-order chi connectivity index (χ0) is 24.2. The zero-order valence-corrected chi connectivity index (χ0v) is 17.8. The Labute approximate surface area is 192 Å². The Morgan fingerprint density at radius 2 is 1.61 bits per heavy atom. The van der Waals surface area contributed by atoms with E-state index in [-0.39, 0.29) is 17.5 Å². The maximum atomic E-state index is 12.6. The van der Waals surface area contributed by atoms with E-state index in [2.05, 4.69) is 5.32 Å². The van der Waals surface area contributed by atoms with Crippen molar-refractivity contribution in [3.8, 4) is 5.75 Å². The number of hydrogen-bond donors (Lipinski definition) is 5. The first-order valence-corrected chi connectivity index (χ1v) is 10.2. The van der Waals surface area contributed by atoms with Crippen LogP contribution in [0.2, 0.25) is 0 Å². The van der Waals surface area contributed by atoms with E-state index in [9.17, 15) is 33.6 Å². The highest BCUT2D eigenvalue weighted by Crippen LogP contribution is 2.30. The Kier molecular flexibility index (Phi) is 8.10. The lowest BCUT2D eigenvalue weighted by molar-refractivity contribution is -0.277. The van der Waals surface area contributed by atoms with Crippen molar-refractivity contribution in [2.45, 2.75) is 43.5 Å². The van der Waals surface area contributed by atoms with Crippen molar-refractivity contribution >= 4 is 23.1 Å². The van der Waals surface area contributed by atoms with E-state index in [0.717, 1.165) is 12.1 Å². The minimum atomic E-state index is -4.42. The molecule has 3 rings (SSSR count). The summed E-state index contributed by atoms with van der Waals surface area (Å²) in [5.41, 5.74) is 0.259. The molecule has 8 nitrogen and oxygen atoms in total. The lowest BCUT2D eigenvalue weighted by atomic mass is 9.99. The van der Waals surface area contributed by atoms with Crippen LogP contribution in [-0.4, -0.2) is 62.9 Å². The third-order valence-electron chi connectivity index (χ3n) is 4.85. The molecule has 1 aliphatic rings. The molecule has 0 radical (unpaired) electrons. The second-order valence-electron chi connectivity index (χ2n) is 7.24. The predicted octanol–water partition coefficient (Wildman–Crippen LogP) is 1.80. The molecular weight excluding hydrogens is 467 g/mol. The summed E-state index contributed by atoms with van der Waals surface area (Å²) >= 11 is 5.04. The molecule has 0 aliphatic carbocycles. The topological polar surface area (TPSA) is 121 Å². The number of alkyl halides is 3. The summed E-state index contributed by atoms with van der Waals surface area (Å²) in [7, 11) is 0. The van der Waals surface area contributed by atoms with Gasteiger partial charge in [0, 0.05) is 5.69 Å². The van der Waals surface area contributed by atoms with Crippen LogP contribution in [0.15, 0.2) is 48.5 Å². The third kappa shape index (κ3) is 6.53. The summed E-state index contributed by atoms with van der Waals surface area (Å²) < 4.78 is 54.0. The van der Waals surface area contributed by atoms with Gasteiger partial charge in [-0.25, -0.2) is 0 Å². The van der Waals surface area contributed by atoms with Crippen LogP contribution >= 0.6 is 12.2 Å². The Balaban J connectivity index is 1.50. The number of halogens is 3. The number of hydrogen-bond acceptors (Lipinski definition) is 8. The fraction of sp³-hybridized carbons (Fsp3) is 0.381. The summed E-state index contributed by atoms with van der Waals surface area (Å²) in [4.78, 5) is 0. The molecule has 5 N–H and O–H groups in total. The molecule has 0 amide bonds. The molecule has 0 saturated carbocycles. The zero-order valence-electron chi connectivity index (χ0n) is 17.0. The predicted molar refractivity (Wildman–Crippen MR) is 113 cm³/mol. The van der Waals surface area contributed by atoms with Gasteiger partial charge in [0.05, 0.1) is 12.2 Å². The second kappa shape index (κ2) is 10.6. The van der Waals surface area contributed by atoms with Crippen molar-refractivity contribution in [2.75, 3.05) is 11.9 Å². The van der Waals surface area contributed by atoms with Crippen LogP contribution in [0.4, 0.5) is 18.9 Å². The summed E-state index contributed by atoms with van der Waals surface area (Å²) in [6, 6.07) is 10.7. The molecule has 1 saturated heterocycles. The second-order valence-corrected chi connectivity index (χ2v) is 7.61. The molecule has 0 spiro atoms. The average Bonchev–Trinajstić information content (AvgIpc) is 2.78. The molecular formula is C21H22F3NO7S. The quantitative estimate of drug-likeness (QED) is 0.387. The van der Waals surface area contributed by atoms with E-state index >= 15 is 0 Å². The Bertz CT molecular complexity index is 925. The van der Waals surface area contributed by atoms with Crippen LogP contribution in [0.3, 0.4) is 0 Å². The largest absolute Gasteiger partial charge is 0.466 e. The van der Waals surface area contributed by atoms with Crippen LogP contribution in [0.25, 0.3) is 0 Å². The third-order valence-corrected chi connectivity index (χ3v) is 5.07. The first-order valence-electron chi connectivity index (χ1n) is 9.75. The van der Waals surface area contributed by atoms with Crippen molar-refractivity contribution in [2.24, 2.45) is 0 Å². The van der Waals surface area contributed by atoms with Crippen LogP contribution in [-0.2, 0) is 22.3 Å². The van der Waals surface area contributed by atoms with Crippen molar-refractivity contribution in [3.63, 3.8) is 0 Å². The first-order chi connectivity index (χ1) is 15.6. The highest BCUT2D eigenvalue weighted by atomic mass is 32.1. The van der Waals surface area contributed by atoms with Crippen LogP contribution in [0, 0.1) is 0 Å². The van der Waals surface area contributed by atoms with Crippen molar-refractivity contribution in [1.82, 2.24) is 0 Å². The number of ether oxygens (including phenoxy) is 3. The SMILES string of the molecule is OC[C@H]1O[C@H](Oc2ccc(COC(=S)Nc3ccc(C(F)(F)F)cc3)cc2)[C@@H](O)[C@@H](O)[C@@H]1O. The van der Waals surface area contributed by atoms with Gasteiger partial charge in [0.15, 0.2) is 0 Å². The highest BCUT2D eigenvalue weighted by Gasteiger charge is 2.44. The number of benzene rings is 2. The lowest BCUT2D eigenvalue weighted by Crippen LogP contribution is -2.60. The minimum Gasteiger partial charge on any atom is -0.466 e. The number of anilines is 1. The van der Waals surface area contributed by atoms with Gasteiger partial charge in [0.25, 0.3) is 5.17 Å². The van der Waals surface area contributed by atoms with E-state index < -0.39 is 49.1 Å². The normalized spacial score (nSPS) is 25.4. The molecule has 1 heterocycles. The number of nitrogens with one attached hydrogen (secondary N) is 1. The van der Waals surface area contributed by atoms with Crippen molar-refractivity contribution in [3.05, 3.63) is 59.7 Å². The molecule has 2 aromatic carbocycles. The number of rotatable bonds is 6. The summed E-state index contributed by atoms with van der Waals surface area (Å²) in [6.07, 6.45) is -11.4. The van der Waals surface area contributed by atoms with E-state index in [1.165, 1.54) is 12.1 Å². The van der Waals surface area contributed by atoms with Gasteiger partial charge in [0.1, 0.15) is 36.8 Å². The summed E-state index contributed by atoms with van der Waals surface area (Å²) in [6.45, 7) is -0.506. The fourth-order valence-electron chi connectivity index (χ4n) is 3.01. The maximum absolute atomic E-state index is 12.6. The number of aliphatic hydroxyl groups is 4. The molecule has 1 aliphatic heterocycles. The van der Waals surface area contributed by atoms with E-state index in [1.54, 1.807) is 24.3 Å². The summed E-state index contributed by atoms with van der Waals surface area (Å²) in [5, 5.41) is 41.5. The average molecular weight is 489 g/mol. The van der Waals surface area contributed by atoms with Crippen LogP contribution in [0.5, 0.6) is 5.75 Å². The highest BCUT2D eigenvalue weighted by molar-refractivity contribution is 7.80. The molecule has 33 heavy (non-hydrogen) atoms. The van der Waals surface area contributed by atoms with E-state index in [4.69, 9.17) is 26.4 Å². The summed E-state index contributed by atoms with van der Waals surface area (Å²) in [5.74, 6) is 0.286. The van der Waals surface area contributed by atoms with Crippen LogP contribution in [0.1, 0.15) is 11.1 Å². The van der Waals surface area contributed by atoms with E-state index in [0.29, 0.717) is 11.3 Å². The molecule has 0 unspecified atom stereocenters. The van der Waals surface area contributed by atoms with Gasteiger partial charge in [-0.15, -0.1) is 0 Å². The molecule has 1 fully saturated rings. The number of aliphatic hydroxyl groups excluding tert-OH is 4. The maximum Gasteiger partial charge on any atom is 0.416 e. The first kappa shape index (κ1) is 25.1. The lowest BCUT2D eigenvalue weighted by Gasteiger charge is -2.39. The molecule has 0 bridgehead atoms. The van der Waals surface area contributed by atoms with E-state index in [1.807, 2.05) is 0 Å². The monoisotopic (exact) mass is 489 g/mol. The van der Waals surface area contributed by atoms with Gasteiger partial charge in [-0.05, 0) is 54.2 Å². The van der Waals surface area contributed by atoms with Gasteiger partial charge in [-0.3, -0.25) is 0 Å². The molecule has 2 aromatic rings. The minimum absolute atomic E-state index is 0.0311. The van der Waals surface area contributed by atoms with Crippen molar-refractivity contribution < 1.29 is 47.8 Å². The molecule has 180 valence electrons. The van der Waals surface area contributed by atoms with Gasteiger partial charge in [-0.2, -0.15) is 13.2 Å². The molecule has 12 heteroatoms. The van der Waals surface area contributed by atoms with Crippen molar-refractivity contribution in [1.29, 1.82) is 0 Å². The van der Waals surface area contributed by atoms with Crippen LogP contribution < -0.4 is 10.1 Å². The molecule has 0 aromatic heterocycles. The number of thiocarbonyl (C=S) groups is 1.